The summed E-state index contributed by atoms with van der Waals surface area (Å²) in [7, 11) is 0. The molecule has 0 saturated heterocycles. The van der Waals surface area contributed by atoms with Crippen molar-refractivity contribution in [2.45, 2.75) is 51.7 Å². The zero-order valence-electron chi connectivity index (χ0n) is 12.5. The predicted octanol–water partition coefficient (Wildman–Crippen LogP) is 4.56. The van der Waals surface area contributed by atoms with Crippen molar-refractivity contribution in [2.75, 3.05) is 0 Å². The highest BCUT2D eigenvalue weighted by molar-refractivity contribution is 5.29. The Labute approximate surface area is 123 Å². The number of hydrogen-bond donors (Lipinski definition) is 1. The minimum absolute atomic E-state index is 0.116. The molecule has 1 saturated carbocycles. The van der Waals surface area contributed by atoms with Crippen LogP contribution in [0.25, 0.3) is 0 Å². The Morgan fingerprint density at radius 2 is 1.71 bits per heavy atom. The number of pyridine rings is 1. The highest BCUT2D eigenvalue weighted by atomic mass is 19.4. The summed E-state index contributed by atoms with van der Waals surface area (Å²) in [5.41, 5.74) is 5.64. The maximum atomic E-state index is 13.1. The van der Waals surface area contributed by atoms with Crippen LogP contribution in [0, 0.1) is 17.8 Å². The normalized spacial score (nSPS) is 25.1. The minimum Gasteiger partial charge on any atom is -0.324 e. The molecule has 1 atom stereocenters. The van der Waals surface area contributed by atoms with Gasteiger partial charge in [0.2, 0.25) is 0 Å². The van der Waals surface area contributed by atoms with Gasteiger partial charge in [-0.3, -0.25) is 4.98 Å². The van der Waals surface area contributed by atoms with Crippen LogP contribution < -0.4 is 5.73 Å². The Morgan fingerprint density at radius 3 is 2.24 bits per heavy atom. The summed E-state index contributed by atoms with van der Waals surface area (Å²) in [6.07, 6.45) is 1.99. The van der Waals surface area contributed by atoms with E-state index in [1.807, 2.05) is 0 Å². The standard InChI is InChI=1S/C16H23F3N2/c1-10(2)11-3-5-12(6-4-11)15(20)13-9-21-8-7-14(13)16(17,18)19/h7-12,15H,3-6,20H2,1-2H3. The van der Waals surface area contributed by atoms with Gasteiger partial charge in [0.25, 0.3) is 0 Å². The van der Waals surface area contributed by atoms with Crippen molar-refractivity contribution >= 4 is 0 Å². The van der Waals surface area contributed by atoms with Crippen molar-refractivity contribution in [3.63, 3.8) is 0 Å². The fourth-order valence-electron chi connectivity index (χ4n) is 3.36. The summed E-state index contributed by atoms with van der Waals surface area (Å²) >= 11 is 0. The van der Waals surface area contributed by atoms with E-state index in [-0.39, 0.29) is 11.5 Å². The van der Waals surface area contributed by atoms with Gasteiger partial charge in [-0.25, -0.2) is 0 Å². The summed E-state index contributed by atoms with van der Waals surface area (Å²) in [6.45, 7) is 4.40. The van der Waals surface area contributed by atoms with Crippen LogP contribution in [0.2, 0.25) is 0 Å². The lowest BCUT2D eigenvalue weighted by molar-refractivity contribution is -0.138. The first-order valence-corrected chi connectivity index (χ1v) is 7.57. The molecule has 2 N–H and O–H groups in total. The Morgan fingerprint density at radius 1 is 1.14 bits per heavy atom. The second-order valence-corrected chi connectivity index (χ2v) is 6.41. The van der Waals surface area contributed by atoms with Crippen molar-refractivity contribution in [3.8, 4) is 0 Å². The highest BCUT2D eigenvalue weighted by Gasteiger charge is 2.37. The predicted molar refractivity (Wildman–Crippen MR) is 76.5 cm³/mol. The molecule has 1 aliphatic rings. The Balaban J connectivity index is 2.13. The summed E-state index contributed by atoms with van der Waals surface area (Å²) in [5, 5.41) is 0. The van der Waals surface area contributed by atoms with E-state index in [9.17, 15) is 13.2 Å². The number of aromatic nitrogens is 1. The molecule has 1 aliphatic carbocycles. The second-order valence-electron chi connectivity index (χ2n) is 6.41. The number of hydrogen-bond acceptors (Lipinski definition) is 2. The van der Waals surface area contributed by atoms with Gasteiger partial charge in [-0.05, 0) is 55.1 Å². The number of nitrogens with zero attached hydrogens (tertiary/aromatic N) is 1. The Bertz CT molecular complexity index is 463. The molecule has 1 aromatic heterocycles. The van der Waals surface area contributed by atoms with E-state index in [1.54, 1.807) is 0 Å². The minimum atomic E-state index is -4.37. The smallest absolute Gasteiger partial charge is 0.324 e. The molecule has 2 rings (SSSR count). The lowest BCUT2D eigenvalue weighted by Gasteiger charge is -2.34. The molecule has 2 nitrogen and oxygen atoms in total. The van der Waals surface area contributed by atoms with Crippen LogP contribution in [0.4, 0.5) is 13.2 Å². The Hall–Kier alpha value is -1.10. The molecule has 0 spiro atoms. The Kier molecular flexibility index (Phi) is 4.91. The van der Waals surface area contributed by atoms with Crippen LogP contribution in [-0.4, -0.2) is 4.98 Å². The van der Waals surface area contributed by atoms with E-state index in [0.29, 0.717) is 11.8 Å². The zero-order chi connectivity index (χ0) is 15.6. The molecule has 21 heavy (non-hydrogen) atoms. The lowest BCUT2D eigenvalue weighted by atomic mass is 9.73. The number of alkyl halides is 3. The van der Waals surface area contributed by atoms with Crippen LogP contribution in [-0.2, 0) is 6.18 Å². The van der Waals surface area contributed by atoms with Crippen LogP contribution in [0.1, 0.15) is 56.7 Å². The van der Waals surface area contributed by atoms with Gasteiger partial charge in [-0.15, -0.1) is 0 Å². The molecule has 5 heteroatoms. The first kappa shape index (κ1) is 16.3. The molecule has 1 aromatic rings. The molecular weight excluding hydrogens is 277 g/mol. The van der Waals surface area contributed by atoms with Crippen LogP contribution in [0.3, 0.4) is 0 Å². The highest BCUT2D eigenvalue weighted by Crippen LogP contribution is 2.41. The molecule has 0 radical (unpaired) electrons. The van der Waals surface area contributed by atoms with E-state index < -0.39 is 17.8 Å². The average molecular weight is 300 g/mol. The van der Waals surface area contributed by atoms with Crippen molar-refractivity contribution < 1.29 is 13.2 Å². The molecule has 118 valence electrons. The summed E-state index contributed by atoms with van der Waals surface area (Å²) in [6, 6.07) is 0.443. The number of rotatable bonds is 3. The molecular formula is C16H23F3N2. The number of nitrogens with two attached hydrogens (primary N) is 1. The van der Waals surface area contributed by atoms with Gasteiger partial charge in [0.1, 0.15) is 0 Å². The zero-order valence-corrected chi connectivity index (χ0v) is 12.5. The average Bonchev–Trinajstić information content (AvgIpc) is 2.45. The quantitative estimate of drug-likeness (QED) is 0.888. The first-order valence-electron chi connectivity index (χ1n) is 7.57. The van der Waals surface area contributed by atoms with Crippen molar-refractivity contribution in [3.05, 3.63) is 29.6 Å². The fourth-order valence-corrected chi connectivity index (χ4v) is 3.36. The lowest BCUT2D eigenvalue weighted by Crippen LogP contribution is -2.29. The van der Waals surface area contributed by atoms with Crippen LogP contribution >= 0.6 is 0 Å². The summed E-state index contributed by atoms with van der Waals surface area (Å²) < 4.78 is 39.2. The molecule has 0 aliphatic heterocycles. The van der Waals surface area contributed by atoms with Gasteiger partial charge in [0, 0.05) is 18.4 Å². The van der Waals surface area contributed by atoms with Gasteiger partial charge >= 0.3 is 6.18 Å². The van der Waals surface area contributed by atoms with E-state index in [0.717, 1.165) is 31.7 Å². The molecule has 0 aromatic carbocycles. The van der Waals surface area contributed by atoms with Crippen molar-refractivity contribution in [2.24, 2.45) is 23.5 Å². The summed E-state index contributed by atoms with van der Waals surface area (Å²) in [4.78, 5) is 3.84. The molecule has 0 amide bonds. The van der Waals surface area contributed by atoms with Crippen molar-refractivity contribution in [1.29, 1.82) is 0 Å². The topological polar surface area (TPSA) is 38.9 Å². The molecule has 0 bridgehead atoms. The van der Waals surface area contributed by atoms with E-state index in [2.05, 4.69) is 18.8 Å². The fraction of sp³-hybridized carbons (Fsp3) is 0.688. The second kappa shape index (κ2) is 6.34. The maximum absolute atomic E-state index is 13.1. The monoisotopic (exact) mass is 300 g/mol. The third kappa shape index (κ3) is 3.76. The number of halogens is 3. The van der Waals surface area contributed by atoms with E-state index in [1.165, 1.54) is 12.4 Å². The van der Waals surface area contributed by atoms with Gasteiger partial charge in [0.05, 0.1) is 5.56 Å². The third-order valence-electron chi connectivity index (χ3n) is 4.78. The van der Waals surface area contributed by atoms with Gasteiger partial charge < -0.3 is 5.73 Å². The van der Waals surface area contributed by atoms with Gasteiger partial charge in [0.15, 0.2) is 0 Å². The SMILES string of the molecule is CC(C)C1CCC(C(N)c2cnccc2C(F)(F)F)CC1. The molecule has 1 unspecified atom stereocenters. The van der Waals surface area contributed by atoms with Crippen LogP contribution in [0.15, 0.2) is 18.5 Å². The molecule has 1 fully saturated rings. The first-order chi connectivity index (χ1) is 9.80. The third-order valence-corrected chi connectivity index (χ3v) is 4.78. The molecule has 1 heterocycles. The maximum Gasteiger partial charge on any atom is 0.416 e. The van der Waals surface area contributed by atoms with E-state index >= 15 is 0 Å². The largest absolute Gasteiger partial charge is 0.416 e. The van der Waals surface area contributed by atoms with Gasteiger partial charge in [-0.1, -0.05) is 13.8 Å². The van der Waals surface area contributed by atoms with Gasteiger partial charge in [-0.2, -0.15) is 13.2 Å². The van der Waals surface area contributed by atoms with E-state index in [4.69, 9.17) is 5.73 Å². The van der Waals surface area contributed by atoms with Crippen LogP contribution in [0.5, 0.6) is 0 Å². The van der Waals surface area contributed by atoms with Crippen molar-refractivity contribution in [1.82, 2.24) is 4.98 Å². The summed E-state index contributed by atoms with van der Waals surface area (Å²) in [5.74, 6) is 1.42.